The third-order valence-electron chi connectivity index (χ3n) is 3.44. The summed E-state index contributed by atoms with van der Waals surface area (Å²) < 4.78 is 30.0. The summed E-state index contributed by atoms with van der Waals surface area (Å²) in [6.07, 6.45) is 2.48. The molecule has 2 aromatic rings. The molecular formula is C19H17BrF2N2O3. The van der Waals surface area contributed by atoms with Crippen molar-refractivity contribution in [2.75, 3.05) is 11.9 Å². The van der Waals surface area contributed by atoms with Gasteiger partial charge in [0.1, 0.15) is 5.75 Å². The third kappa shape index (κ3) is 6.82. The molecule has 0 atom stereocenters. The Morgan fingerprint density at radius 2 is 1.96 bits per heavy atom. The molecular weight excluding hydrogens is 422 g/mol. The summed E-state index contributed by atoms with van der Waals surface area (Å²) in [6.45, 7) is -1.34. The van der Waals surface area contributed by atoms with Crippen LogP contribution in [0.5, 0.6) is 5.75 Å². The van der Waals surface area contributed by atoms with Gasteiger partial charge in [-0.1, -0.05) is 34.1 Å². The largest absolute Gasteiger partial charge is 0.434 e. The maximum Gasteiger partial charge on any atom is 0.387 e. The van der Waals surface area contributed by atoms with Crippen LogP contribution >= 0.6 is 15.9 Å². The second kappa shape index (κ2) is 9.82. The smallest absolute Gasteiger partial charge is 0.387 e. The van der Waals surface area contributed by atoms with E-state index in [-0.39, 0.29) is 18.2 Å². The molecule has 2 aromatic carbocycles. The van der Waals surface area contributed by atoms with E-state index in [1.54, 1.807) is 24.3 Å². The Hall–Kier alpha value is -2.74. The Balaban J connectivity index is 1.89. The van der Waals surface area contributed by atoms with Crippen molar-refractivity contribution in [1.82, 2.24) is 5.32 Å². The number of carbonyl (C=O) groups is 2. The molecule has 0 aliphatic carbocycles. The van der Waals surface area contributed by atoms with Crippen LogP contribution in [-0.4, -0.2) is 25.0 Å². The normalized spacial score (nSPS) is 10.9. The minimum Gasteiger partial charge on any atom is -0.434 e. The van der Waals surface area contributed by atoms with Crippen molar-refractivity contribution in [3.05, 3.63) is 64.1 Å². The lowest BCUT2D eigenvalue weighted by Crippen LogP contribution is -2.31. The van der Waals surface area contributed by atoms with Gasteiger partial charge in [-0.05, 0) is 42.8 Å². The number of amides is 2. The molecule has 0 unspecified atom stereocenters. The molecule has 0 aliphatic rings. The fraction of sp³-hybridized carbons (Fsp3) is 0.158. The lowest BCUT2D eigenvalue weighted by molar-refractivity contribution is -0.121. The Kier molecular flexibility index (Phi) is 7.48. The second-order valence-corrected chi connectivity index (χ2v) is 6.39. The first-order valence-electron chi connectivity index (χ1n) is 7.91. The number of hydrogen-bond donors (Lipinski definition) is 2. The summed E-state index contributed by atoms with van der Waals surface area (Å²) in [5.74, 6) is -0.965. The average Bonchev–Trinajstić information content (AvgIpc) is 2.61. The topological polar surface area (TPSA) is 67.4 Å². The highest BCUT2D eigenvalue weighted by molar-refractivity contribution is 9.10. The number of anilines is 1. The van der Waals surface area contributed by atoms with Crippen LogP contribution in [0.4, 0.5) is 14.5 Å². The van der Waals surface area contributed by atoms with Crippen molar-refractivity contribution in [2.45, 2.75) is 13.5 Å². The summed E-state index contributed by atoms with van der Waals surface area (Å²) in [5, 5.41) is 5.12. The van der Waals surface area contributed by atoms with E-state index < -0.39 is 12.5 Å². The lowest BCUT2D eigenvalue weighted by atomic mass is 10.2. The molecule has 0 saturated heterocycles. The predicted octanol–water partition coefficient (Wildman–Crippen LogP) is 4.13. The standard InChI is InChI=1S/C19H17BrF2N2O3/c1-12-10-14(20)7-8-15(12)24-18(26)11-23-17(25)9-6-13-4-2-3-5-16(13)27-19(21)22/h2-10,19H,11H2,1H3,(H,23,25)(H,24,26)/b9-6+. The van der Waals surface area contributed by atoms with Crippen molar-refractivity contribution < 1.29 is 23.1 Å². The maximum absolute atomic E-state index is 12.4. The molecule has 27 heavy (non-hydrogen) atoms. The van der Waals surface area contributed by atoms with Crippen LogP contribution in [-0.2, 0) is 9.59 Å². The van der Waals surface area contributed by atoms with Gasteiger partial charge in [0.25, 0.3) is 0 Å². The number of nitrogens with one attached hydrogen (secondary N) is 2. The minimum absolute atomic E-state index is 0.0417. The average molecular weight is 439 g/mol. The number of hydrogen-bond acceptors (Lipinski definition) is 3. The summed E-state index contributed by atoms with van der Waals surface area (Å²) in [6, 6.07) is 11.5. The molecule has 142 valence electrons. The number of carbonyl (C=O) groups excluding carboxylic acids is 2. The monoisotopic (exact) mass is 438 g/mol. The first kappa shape index (κ1) is 20.6. The van der Waals surface area contributed by atoms with Crippen molar-refractivity contribution in [3.8, 4) is 5.75 Å². The first-order valence-corrected chi connectivity index (χ1v) is 8.70. The van der Waals surface area contributed by atoms with Gasteiger partial charge in [-0.15, -0.1) is 0 Å². The molecule has 5 nitrogen and oxygen atoms in total. The Labute approximate surface area is 163 Å². The van der Waals surface area contributed by atoms with Crippen LogP contribution < -0.4 is 15.4 Å². The molecule has 0 spiro atoms. The Morgan fingerprint density at radius 1 is 1.22 bits per heavy atom. The third-order valence-corrected chi connectivity index (χ3v) is 3.93. The molecule has 2 rings (SSSR count). The number of ether oxygens (including phenoxy) is 1. The number of para-hydroxylation sites is 1. The zero-order valence-corrected chi connectivity index (χ0v) is 15.9. The molecule has 0 saturated carbocycles. The van der Waals surface area contributed by atoms with Gasteiger partial charge in [-0.3, -0.25) is 9.59 Å². The first-order chi connectivity index (χ1) is 12.8. The molecule has 0 heterocycles. The quantitative estimate of drug-likeness (QED) is 0.638. The number of aryl methyl sites for hydroxylation is 1. The van der Waals surface area contributed by atoms with Gasteiger partial charge in [0, 0.05) is 21.8 Å². The van der Waals surface area contributed by atoms with Gasteiger partial charge >= 0.3 is 6.61 Å². The van der Waals surface area contributed by atoms with Gasteiger partial charge in [0.05, 0.1) is 6.54 Å². The van der Waals surface area contributed by atoms with Gasteiger partial charge in [0.2, 0.25) is 11.8 Å². The van der Waals surface area contributed by atoms with E-state index in [1.807, 2.05) is 13.0 Å². The van der Waals surface area contributed by atoms with Crippen molar-refractivity contribution in [2.24, 2.45) is 0 Å². The summed E-state index contributed by atoms with van der Waals surface area (Å²) in [5.41, 5.74) is 1.84. The molecule has 2 N–H and O–H groups in total. The van der Waals surface area contributed by atoms with Crippen LogP contribution in [0, 0.1) is 6.92 Å². The number of benzene rings is 2. The van der Waals surface area contributed by atoms with Gasteiger partial charge in [-0.25, -0.2) is 0 Å². The van der Waals surface area contributed by atoms with Crippen LogP contribution in [0.25, 0.3) is 6.08 Å². The number of rotatable bonds is 7. The highest BCUT2D eigenvalue weighted by atomic mass is 79.9. The molecule has 0 aliphatic heterocycles. The van der Waals surface area contributed by atoms with E-state index in [9.17, 15) is 18.4 Å². The summed E-state index contributed by atoms with van der Waals surface area (Å²) >= 11 is 3.34. The molecule has 0 bridgehead atoms. The zero-order valence-electron chi connectivity index (χ0n) is 14.3. The zero-order chi connectivity index (χ0) is 19.8. The maximum atomic E-state index is 12.4. The minimum atomic E-state index is -2.96. The van der Waals surface area contributed by atoms with Crippen molar-refractivity contribution in [1.29, 1.82) is 0 Å². The fourth-order valence-corrected chi connectivity index (χ4v) is 2.65. The lowest BCUT2D eigenvalue weighted by Gasteiger charge is -2.09. The summed E-state index contributed by atoms with van der Waals surface area (Å²) in [7, 11) is 0. The number of halogens is 3. The molecule has 2 amide bonds. The van der Waals surface area contributed by atoms with Crippen molar-refractivity contribution in [3.63, 3.8) is 0 Å². The van der Waals surface area contributed by atoms with Crippen LogP contribution in [0.1, 0.15) is 11.1 Å². The molecule has 0 fully saturated rings. The van der Waals surface area contributed by atoms with E-state index in [0.717, 1.165) is 16.1 Å². The molecule has 8 heteroatoms. The van der Waals surface area contributed by atoms with Gasteiger partial charge in [-0.2, -0.15) is 8.78 Å². The van der Waals surface area contributed by atoms with Gasteiger partial charge < -0.3 is 15.4 Å². The highest BCUT2D eigenvalue weighted by Crippen LogP contribution is 2.21. The van der Waals surface area contributed by atoms with Gasteiger partial charge in [0.15, 0.2) is 0 Å². The van der Waals surface area contributed by atoms with Crippen LogP contribution in [0.15, 0.2) is 53.0 Å². The van der Waals surface area contributed by atoms with E-state index in [2.05, 4.69) is 31.3 Å². The Bertz CT molecular complexity index is 857. The summed E-state index contributed by atoms with van der Waals surface area (Å²) in [4.78, 5) is 23.8. The second-order valence-electron chi connectivity index (χ2n) is 5.47. The van der Waals surface area contributed by atoms with Crippen molar-refractivity contribution >= 4 is 39.5 Å². The van der Waals surface area contributed by atoms with Crippen LogP contribution in [0.3, 0.4) is 0 Å². The predicted molar refractivity (Wildman–Crippen MR) is 103 cm³/mol. The van der Waals surface area contributed by atoms with E-state index in [1.165, 1.54) is 18.2 Å². The Morgan fingerprint density at radius 3 is 2.67 bits per heavy atom. The SMILES string of the molecule is Cc1cc(Br)ccc1NC(=O)CNC(=O)/C=C/c1ccccc1OC(F)F. The van der Waals surface area contributed by atoms with E-state index >= 15 is 0 Å². The van der Waals surface area contributed by atoms with E-state index in [4.69, 9.17) is 0 Å². The van der Waals surface area contributed by atoms with E-state index in [0.29, 0.717) is 11.3 Å². The highest BCUT2D eigenvalue weighted by Gasteiger charge is 2.08. The molecule has 0 radical (unpaired) electrons. The molecule has 0 aromatic heterocycles. The van der Waals surface area contributed by atoms with Crippen LogP contribution in [0.2, 0.25) is 0 Å². The number of alkyl halides is 2. The fourth-order valence-electron chi connectivity index (χ4n) is 2.18.